The molecule has 6 nitrogen and oxygen atoms in total. The van der Waals surface area contributed by atoms with Crippen LogP contribution < -0.4 is 10.2 Å². The fourth-order valence-corrected chi connectivity index (χ4v) is 5.25. The summed E-state index contributed by atoms with van der Waals surface area (Å²) in [7, 11) is 0. The third-order valence-corrected chi connectivity index (χ3v) is 6.66. The number of rotatable bonds is 2. The quantitative estimate of drug-likeness (QED) is 0.627. The van der Waals surface area contributed by atoms with Gasteiger partial charge in [0.2, 0.25) is 0 Å². The zero-order valence-electron chi connectivity index (χ0n) is 15.3. The molecule has 0 saturated carbocycles. The van der Waals surface area contributed by atoms with Crippen LogP contribution in [0.15, 0.2) is 55.0 Å². The predicted molar refractivity (Wildman–Crippen MR) is 115 cm³/mol. The number of urea groups is 1. The lowest BCUT2D eigenvalue weighted by molar-refractivity contribution is -0.118. The molecule has 0 bridgehead atoms. The van der Waals surface area contributed by atoms with Crippen LogP contribution in [0.5, 0.6) is 0 Å². The molecular formula is C21H15ClN4O2S. The highest BCUT2D eigenvalue weighted by molar-refractivity contribution is 8.09. The van der Waals surface area contributed by atoms with E-state index in [-0.39, 0.29) is 11.9 Å². The number of thioether (sulfide) groups is 1. The van der Waals surface area contributed by atoms with Crippen LogP contribution in [0, 0.1) is 6.92 Å². The zero-order valence-corrected chi connectivity index (χ0v) is 16.9. The minimum atomic E-state index is -0.447. The second-order valence-corrected chi connectivity index (χ2v) is 8.49. The maximum Gasteiger partial charge on any atom is 0.329 e. The van der Waals surface area contributed by atoms with Crippen LogP contribution in [0.1, 0.15) is 11.1 Å². The lowest BCUT2D eigenvalue weighted by Crippen LogP contribution is -2.60. The largest absolute Gasteiger partial charge is 0.329 e. The standard InChI is InChI=1S/C21H15ClN4O2S/c1-11-6-18(22)24-9-14(11)17-7-15-19(29-17)20(27)26(21(28)25-15)16-10-23-8-12-4-2-3-5-13(12)16/h2-10,15,19H,1H3,(H,25,28). The van der Waals surface area contributed by atoms with Crippen molar-refractivity contribution in [2.45, 2.75) is 18.2 Å². The Balaban J connectivity index is 1.51. The van der Waals surface area contributed by atoms with Crippen LogP contribution in [0.4, 0.5) is 10.5 Å². The normalized spacial score (nSPS) is 21.2. The van der Waals surface area contributed by atoms with Crippen LogP contribution in [-0.2, 0) is 4.79 Å². The molecule has 5 rings (SSSR count). The predicted octanol–water partition coefficient (Wildman–Crippen LogP) is 4.17. The number of amides is 3. The fourth-order valence-electron chi connectivity index (χ4n) is 3.70. The Morgan fingerprint density at radius 1 is 1.17 bits per heavy atom. The van der Waals surface area contributed by atoms with Crippen molar-refractivity contribution < 1.29 is 9.59 Å². The van der Waals surface area contributed by atoms with Gasteiger partial charge in [-0.1, -0.05) is 35.9 Å². The summed E-state index contributed by atoms with van der Waals surface area (Å²) < 4.78 is 0. The first-order valence-corrected chi connectivity index (χ1v) is 10.3. The van der Waals surface area contributed by atoms with E-state index in [2.05, 4.69) is 15.3 Å². The average molecular weight is 423 g/mol. The molecule has 1 fully saturated rings. The van der Waals surface area contributed by atoms with E-state index in [0.717, 1.165) is 26.8 Å². The first-order chi connectivity index (χ1) is 14.0. The van der Waals surface area contributed by atoms with Gasteiger partial charge in [-0.25, -0.2) is 14.7 Å². The van der Waals surface area contributed by atoms with Crippen molar-refractivity contribution in [1.29, 1.82) is 0 Å². The van der Waals surface area contributed by atoms with Crippen molar-refractivity contribution in [3.05, 3.63) is 71.3 Å². The van der Waals surface area contributed by atoms with Gasteiger partial charge in [-0.2, -0.15) is 0 Å². The molecule has 1 N–H and O–H groups in total. The van der Waals surface area contributed by atoms with E-state index in [1.165, 1.54) is 16.7 Å². The molecule has 3 aromatic rings. The van der Waals surface area contributed by atoms with E-state index in [1.54, 1.807) is 24.7 Å². The number of aryl methyl sites for hydroxylation is 1. The number of benzene rings is 1. The molecule has 2 unspecified atom stereocenters. The van der Waals surface area contributed by atoms with Crippen molar-refractivity contribution in [3.8, 4) is 0 Å². The van der Waals surface area contributed by atoms with Crippen LogP contribution in [-0.4, -0.2) is 33.2 Å². The van der Waals surface area contributed by atoms with E-state index in [4.69, 9.17) is 11.6 Å². The fraction of sp³-hybridized carbons (Fsp3) is 0.143. The van der Waals surface area contributed by atoms with Gasteiger partial charge in [0.25, 0.3) is 5.91 Å². The van der Waals surface area contributed by atoms with Crippen LogP contribution in [0.3, 0.4) is 0 Å². The number of hydrogen-bond donors (Lipinski definition) is 1. The minimum absolute atomic E-state index is 0.257. The molecule has 3 amide bonds. The average Bonchev–Trinajstić information content (AvgIpc) is 3.12. The summed E-state index contributed by atoms with van der Waals surface area (Å²) in [6.07, 6.45) is 6.89. The number of carbonyl (C=O) groups is 2. The first kappa shape index (κ1) is 18.1. The molecule has 0 radical (unpaired) electrons. The number of hydrogen-bond acceptors (Lipinski definition) is 5. The molecule has 2 aromatic heterocycles. The SMILES string of the molecule is Cc1cc(Cl)ncc1C1=CC2NC(=O)N(c3cncc4ccccc34)C(=O)C2S1. The van der Waals surface area contributed by atoms with E-state index >= 15 is 0 Å². The molecule has 144 valence electrons. The number of pyridine rings is 2. The van der Waals surface area contributed by atoms with Gasteiger partial charge < -0.3 is 5.32 Å². The van der Waals surface area contributed by atoms with E-state index < -0.39 is 11.3 Å². The van der Waals surface area contributed by atoms with E-state index in [0.29, 0.717) is 10.8 Å². The Hall–Kier alpha value is -2.90. The lowest BCUT2D eigenvalue weighted by atomic mass is 10.1. The second kappa shape index (κ2) is 6.86. The van der Waals surface area contributed by atoms with E-state index in [1.807, 2.05) is 37.3 Å². The summed E-state index contributed by atoms with van der Waals surface area (Å²) >= 11 is 7.39. The zero-order chi connectivity index (χ0) is 20.1. The Bertz CT molecular complexity index is 1210. The summed E-state index contributed by atoms with van der Waals surface area (Å²) in [6, 6.07) is 8.53. The molecule has 0 aliphatic carbocycles. The van der Waals surface area contributed by atoms with Crippen LogP contribution in [0.25, 0.3) is 15.7 Å². The van der Waals surface area contributed by atoms with Gasteiger partial charge in [0.1, 0.15) is 10.4 Å². The summed E-state index contributed by atoms with van der Waals surface area (Å²) in [4.78, 5) is 36.6. The molecule has 8 heteroatoms. The third kappa shape index (κ3) is 2.97. The molecule has 29 heavy (non-hydrogen) atoms. The summed E-state index contributed by atoms with van der Waals surface area (Å²) in [5, 5.41) is 4.60. The molecule has 2 aliphatic rings. The Labute approximate surface area is 176 Å². The monoisotopic (exact) mass is 422 g/mol. The first-order valence-electron chi connectivity index (χ1n) is 9.01. The lowest BCUT2D eigenvalue weighted by Gasteiger charge is -2.33. The number of halogens is 1. The molecule has 2 atom stereocenters. The highest BCUT2D eigenvalue weighted by Crippen LogP contribution is 2.43. The topological polar surface area (TPSA) is 75.2 Å². The maximum atomic E-state index is 13.3. The Kier molecular flexibility index (Phi) is 4.29. The summed E-state index contributed by atoms with van der Waals surface area (Å²) in [5.41, 5.74) is 2.37. The molecule has 1 aromatic carbocycles. The van der Waals surface area contributed by atoms with Crippen molar-refractivity contribution in [1.82, 2.24) is 15.3 Å². The Morgan fingerprint density at radius 3 is 2.83 bits per heavy atom. The highest BCUT2D eigenvalue weighted by Gasteiger charge is 2.45. The number of aromatic nitrogens is 2. The van der Waals surface area contributed by atoms with Crippen molar-refractivity contribution in [3.63, 3.8) is 0 Å². The van der Waals surface area contributed by atoms with Gasteiger partial charge in [-0.05, 0) is 24.6 Å². The second-order valence-electron chi connectivity index (χ2n) is 6.92. The van der Waals surface area contributed by atoms with Gasteiger partial charge in [0, 0.05) is 33.6 Å². The Morgan fingerprint density at radius 2 is 2.00 bits per heavy atom. The third-order valence-electron chi connectivity index (χ3n) is 5.10. The molecular weight excluding hydrogens is 408 g/mol. The van der Waals surface area contributed by atoms with Gasteiger partial charge in [-0.3, -0.25) is 9.78 Å². The van der Waals surface area contributed by atoms with Crippen LogP contribution >= 0.6 is 23.4 Å². The highest BCUT2D eigenvalue weighted by atomic mass is 35.5. The number of nitrogens with zero attached hydrogens (tertiary/aromatic N) is 3. The molecule has 1 saturated heterocycles. The van der Waals surface area contributed by atoms with Crippen molar-refractivity contribution in [2.75, 3.05) is 4.90 Å². The smallest absolute Gasteiger partial charge is 0.329 e. The number of anilines is 1. The molecule has 4 heterocycles. The number of nitrogens with one attached hydrogen (secondary N) is 1. The van der Waals surface area contributed by atoms with Gasteiger partial charge >= 0.3 is 6.03 Å². The number of imide groups is 1. The minimum Gasteiger partial charge on any atom is -0.329 e. The maximum absolute atomic E-state index is 13.3. The van der Waals surface area contributed by atoms with Crippen molar-refractivity contribution in [2.24, 2.45) is 0 Å². The summed E-state index contributed by atoms with van der Waals surface area (Å²) in [6.45, 7) is 1.95. The van der Waals surface area contributed by atoms with E-state index in [9.17, 15) is 9.59 Å². The number of fused-ring (bicyclic) bond motifs is 2. The number of carbonyl (C=O) groups excluding carboxylic acids is 2. The van der Waals surface area contributed by atoms with Crippen molar-refractivity contribution >= 4 is 56.7 Å². The van der Waals surface area contributed by atoms with Gasteiger partial charge in [0.15, 0.2) is 0 Å². The van der Waals surface area contributed by atoms with Crippen LogP contribution in [0.2, 0.25) is 5.15 Å². The van der Waals surface area contributed by atoms with Gasteiger partial charge in [-0.15, -0.1) is 11.8 Å². The summed E-state index contributed by atoms with van der Waals surface area (Å²) in [5.74, 6) is -0.257. The molecule has 2 aliphatic heterocycles. The molecule has 0 spiro atoms. The van der Waals surface area contributed by atoms with Gasteiger partial charge in [0.05, 0.1) is 17.9 Å².